The number of aliphatic hydroxyl groups is 1. The summed E-state index contributed by atoms with van der Waals surface area (Å²) in [5, 5.41) is 10.2. The van der Waals surface area contributed by atoms with Crippen LogP contribution < -0.4 is 0 Å². The molecule has 0 saturated carbocycles. The van der Waals surface area contributed by atoms with Crippen LogP contribution in [0.5, 0.6) is 0 Å². The number of morpholine rings is 1. The molecule has 3 saturated heterocycles. The van der Waals surface area contributed by atoms with Crippen LogP contribution in [0.1, 0.15) is 26.7 Å². The lowest BCUT2D eigenvalue weighted by molar-refractivity contribution is -0.151. The summed E-state index contributed by atoms with van der Waals surface area (Å²) >= 11 is 0. The Morgan fingerprint density at radius 2 is 1.73 bits per heavy atom. The van der Waals surface area contributed by atoms with Gasteiger partial charge in [0, 0.05) is 45.8 Å². The minimum atomic E-state index is -1.24. The van der Waals surface area contributed by atoms with Crippen LogP contribution in [0.3, 0.4) is 0 Å². The fourth-order valence-corrected chi connectivity index (χ4v) is 6.74. The van der Waals surface area contributed by atoms with Gasteiger partial charge < -0.3 is 29.3 Å². The number of carbonyl (C=O) groups excluding carboxylic acids is 3. The Bertz CT molecular complexity index is 945. The molecule has 1 unspecified atom stereocenters. The number of carbonyl (C=O) groups is 3. The first-order valence-electron chi connectivity index (χ1n) is 13.8. The predicted octanol–water partition coefficient (Wildman–Crippen LogP) is -0.123. The van der Waals surface area contributed by atoms with Gasteiger partial charge in [0.15, 0.2) is 0 Å². The highest BCUT2D eigenvalue weighted by atomic mass is 16.5. The van der Waals surface area contributed by atoms with Crippen molar-refractivity contribution in [1.29, 1.82) is 0 Å². The second-order valence-corrected chi connectivity index (χ2v) is 10.7. The van der Waals surface area contributed by atoms with E-state index in [9.17, 15) is 19.5 Å². The molecule has 204 valence electrons. The van der Waals surface area contributed by atoms with Crippen molar-refractivity contribution in [3.05, 3.63) is 24.3 Å². The first-order chi connectivity index (χ1) is 18.0. The van der Waals surface area contributed by atoms with E-state index in [2.05, 4.69) is 4.90 Å². The maximum Gasteiger partial charge on any atom is 0.249 e. The van der Waals surface area contributed by atoms with Crippen LogP contribution in [0.15, 0.2) is 24.3 Å². The highest BCUT2D eigenvalue weighted by molar-refractivity contribution is 6.00. The molecule has 0 aliphatic carbocycles. The molecule has 1 N–H and O–H groups in total. The van der Waals surface area contributed by atoms with E-state index in [4.69, 9.17) is 9.47 Å². The van der Waals surface area contributed by atoms with E-state index < -0.39 is 35.6 Å². The van der Waals surface area contributed by atoms with Crippen LogP contribution in [0, 0.1) is 11.8 Å². The molecule has 5 aliphatic rings. The van der Waals surface area contributed by atoms with Crippen LogP contribution in [-0.4, -0.2) is 132 Å². The molecule has 5 rings (SSSR count). The van der Waals surface area contributed by atoms with Crippen LogP contribution in [0.2, 0.25) is 0 Å². The number of likely N-dealkylation sites (tertiary alicyclic amines) is 1. The summed E-state index contributed by atoms with van der Waals surface area (Å²) in [5.41, 5.74) is -1.24. The Labute approximate surface area is 218 Å². The number of rotatable bonds is 8. The van der Waals surface area contributed by atoms with Crippen molar-refractivity contribution in [2.45, 2.75) is 50.5 Å². The molecule has 0 radical (unpaired) electrons. The SMILES string of the molecule is CCCN1CC=C[C@H]2O[C@]34C=CCN(CCN5CCOCC5)C(=O)C3N([C@@H](CC)CO)C(=O)[C@@H]4[C@H]2C1=O. The molecule has 1 spiro atoms. The number of hydrogen-bond acceptors (Lipinski definition) is 7. The number of hydrogen-bond donors (Lipinski definition) is 1. The summed E-state index contributed by atoms with van der Waals surface area (Å²) < 4.78 is 12.1. The van der Waals surface area contributed by atoms with Gasteiger partial charge >= 0.3 is 0 Å². The third-order valence-electron chi connectivity index (χ3n) is 8.62. The summed E-state index contributed by atoms with van der Waals surface area (Å²) in [7, 11) is 0. The lowest BCUT2D eigenvalue weighted by Crippen LogP contribution is -2.58. The number of amides is 3. The number of nitrogens with zero attached hydrogens (tertiary/aromatic N) is 4. The van der Waals surface area contributed by atoms with Gasteiger partial charge in [-0.15, -0.1) is 0 Å². The molecule has 0 aromatic carbocycles. The Morgan fingerprint density at radius 3 is 2.43 bits per heavy atom. The van der Waals surface area contributed by atoms with Gasteiger partial charge in [0.1, 0.15) is 11.6 Å². The molecule has 3 amide bonds. The van der Waals surface area contributed by atoms with Crippen molar-refractivity contribution in [2.24, 2.45) is 11.8 Å². The first kappa shape index (κ1) is 26.3. The Hall–Kier alpha value is -2.27. The van der Waals surface area contributed by atoms with Crippen molar-refractivity contribution in [1.82, 2.24) is 19.6 Å². The first-order valence-corrected chi connectivity index (χ1v) is 13.8. The summed E-state index contributed by atoms with van der Waals surface area (Å²) in [6.45, 7) is 9.44. The quantitative estimate of drug-likeness (QED) is 0.449. The normalized spacial score (nSPS) is 34.9. The molecule has 10 heteroatoms. The minimum absolute atomic E-state index is 0.0982. The Balaban J connectivity index is 1.50. The van der Waals surface area contributed by atoms with E-state index in [1.54, 1.807) is 14.7 Å². The Morgan fingerprint density at radius 1 is 1.00 bits per heavy atom. The zero-order chi connectivity index (χ0) is 26.2. The number of fused-ring (bicyclic) bond motifs is 2. The average molecular weight is 517 g/mol. The topological polar surface area (TPSA) is 103 Å². The van der Waals surface area contributed by atoms with Crippen molar-refractivity contribution in [3.8, 4) is 0 Å². The third-order valence-corrected chi connectivity index (χ3v) is 8.62. The van der Waals surface area contributed by atoms with Crippen LogP contribution in [-0.2, 0) is 23.9 Å². The van der Waals surface area contributed by atoms with Crippen molar-refractivity contribution in [3.63, 3.8) is 0 Å². The minimum Gasteiger partial charge on any atom is -0.394 e. The summed E-state index contributed by atoms with van der Waals surface area (Å²) in [6.07, 6.45) is 8.36. The zero-order valence-corrected chi connectivity index (χ0v) is 22.0. The lowest BCUT2D eigenvalue weighted by Gasteiger charge is -2.38. The van der Waals surface area contributed by atoms with Crippen molar-refractivity contribution >= 4 is 17.7 Å². The van der Waals surface area contributed by atoms with E-state index in [1.807, 2.05) is 38.2 Å². The zero-order valence-electron chi connectivity index (χ0n) is 22.0. The predicted molar refractivity (Wildman–Crippen MR) is 135 cm³/mol. The van der Waals surface area contributed by atoms with E-state index in [0.29, 0.717) is 45.8 Å². The van der Waals surface area contributed by atoms with E-state index in [1.165, 1.54) is 0 Å². The van der Waals surface area contributed by atoms with Gasteiger partial charge in [-0.05, 0) is 12.8 Å². The summed E-state index contributed by atoms with van der Waals surface area (Å²) in [4.78, 5) is 49.5. The highest BCUT2D eigenvalue weighted by Crippen LogP contribution is 2.54. The summed E-state index contributed by atoms with van der Waals surface area (Å²) in [6, 6.07) is -1.44. The molecule has 0 aromatic heterocycles. The maximum absolute atomic E-state index is 14.2. The standard InChI is InChI=1S/C27H40N4O6/c1-3-9-29-10-5-7-20-21(24(29)33)22-25(34)31(19(4-2)18-32)23-26(35)30(11-6-8-27(22,23)37-20)13-12-28-14-16-36-17-15-28/h5-8,19-23,32H,3-4,9-18H2,1-2H3/t19-,20+,21-,22-,23?,27-/m0/s1. The summed E-state index contributed by atoms with van der Waals surface area (Å²) in [5.74, 6) is -2.05. The fourth-order valence-electron chi connectivity index (χ4n) is 6.74. The number of ether oxygens (including phenoxy) is 2. The van der Waals surface area contributed by atoms with E-state index in [-0.39, 0.29) is 24.3 Å². The van der Waals surface area contributed by atoms with Crippen LogP contribution in [0.25, 0.3) is 0 Å². The molecular formula is C27H40N4O6. The van der Waals surface area contributed by atoms with E-state index in [0.717, 1.165) is 26.1 Å². The van der Waals surface area contributed by atoms with E-state index >= 15 is 0 Å². The monoisotopic (exact) mass is 516 g/mol. The van der Waals surface area contributed by atoms with Crippen LogP contribution in [0.4, 0.5) is 0 Å². The van der Waals surface area contributed by atoms with Gasteiger partial charge in [0.05, 0.1) is 43.8 Å². The van der Waals surface area contributed by atoms with Gasteiger partial charge in [-0.2, -0.15) is 0 Å². The number of aliphatic hydroxyl groups excluding tert-OH is 1. The average Bonchev–Trinajstić information content (AvgIpc) is 3.23. The molecule has 6 atom stereocenters. The second-order valence-electron chi connectivity index (χ2n) is 10.7. The smallest absolute Gasteiger partial charge is 0.249 e. The molecule has 10 nitrogen and oxygen atoms in total. The fraction of sp³-hybridized carbons (Fsp3) is 0.741. The van der Waals surface area contributed by atoms with Crippen molar-refractivity contribution in [2.75, 3.05) is 65.6 Å². The van der Waals surface area contributed by atoms with Crippen molar-refractivity contribution < 1.29 is 29.0 Å². The molecular weight excluding hydrogens is 476 g/mol. The van der Waals surface area contributed by atoms with Gasteiger partial charge in [0.2, 0.25) is 17.7 Å². The molecule has 3 fully saturated rings. The molecule has 5 heterocycles. The Kier molecular flexibility index (Phi) is 7.72. The second kappa shape index (κ2) is 10.8. The maximum atomic E-state index is 14.2. The van der Waals surface area contributed by atoms with Gasteiger partial charge in [-0.25, -0.2) is 0 Å². The molecule has 0 bridgehead atoms. The van der Waals surface area contributed by atoms with Gasteiger partial charge in [0.25, 0.3) is 0 Å². The molecule has 0 aromatic rings. The molecule has 5 aliphatic heterocycles. The highest BCUT2D eigenvalue weighted by Gasteiger charge is 2.72. The third kappa shape index (κ3) is 4.41. The van der Waals surface area contributed by atoms with Gasteiger partial charge in [-0.1, -0.05) is 38.2 Å². The largest absolute Gasteiger partial charge is 0.394 e. The lowest BCUT2D eigenvalue weighted by atomic mass is 9.77. The van der Waals surface area contributed by atoms with Crippen LogP contribution >= 0.6 is 0 Å². The van der Waals surface area contributed by atoms with Gasteiger partial charge in [-0.3, -0.25) is 19.3 Å². The molecule has 37 heavy (non-hydrogen) atoms.